The highest BCUT2D eigenvalue weighted by Gasteiger charge is 2.30. The van der Waals surface area contributed by atoms with Gasteiger partial charge in [-0.15, -0.1) is 24.0 Å². The van der Waals surface area contributed by atoms with Crippen LogP contribution in [-0.4, -0.2) is 48.8 Å². The van der Waals surface area contributed by atoms with Crippen LogP contribution < -0.4 is 5.32 Å². The SMILES string of the molecule is CCNC(=NCC(C)CO)N1CCC(C)(C)C1.I. The maximum absolute atomic E-state index is 9.02. The molecule has 0 radical (unpaired) electrons. The minimum Gasteiger partial charge on any atom is -0.396 e. The van der Waals surface area contributed by atoms with Crippen molar-refractivity contribution in [2.75, 3.05) is 32.8 Å². The quantitative estimate of drug-likeness (QED) is 0.452. The van der Waals surface area contributed by atoms with E-state index in [0.29, 0.717) is 12.0 Å². The zero-order valence-corrected chi connectivity index (χ0v) is 14.4. The summed E-state index contributed by atoms with van der Waals surface area (Å²) in [6, 6.07) is 0. The second-order valence-corrected chi connectivity index (χ2v) is 5.82. The van der Waals surface area contributed by atoms with E-state index < -0.39 is 0 Å². The molecule has 18 heavy (non-hydrogen) atoms. The molecule has 0 aliphatic carbocycles. The average molecular weight is 369 g/mol. The summed E-state index contributed by atoms with van der Waals surface area (Å²) in [5, 5.41) is 12.4. The van der Waals surface area contributed by atoms with E-state index in [1.54, 1.807) is 0 Å². The Labute approximate surface area is 128 Å². The van der Waals surface area contributed by atoms with Gasteiger partial charge in [0, 0.05) is 32.8 Å². The van der Waals surface area contributed by atoms with Gasteiger partial charge in [0.2, 0.25) is 0 Å². The molecule has 5 heteroatoms. The zero-order chi connectivity index (χ0) is 12.9. The van der Waals surface area contributed by atoms with Gasteiger partial charge in [0.1, 0.15) is 0 Å². The van der Waals surface area contributed by atoms with Crippen molar-refractivity contribution in [3.8, 4) is 0 Å². The van der Waals surface area contributed by atoms with Crippen molar-refractivity contribution >= 4 is 29.9 Å². The fourth-order valence-corrected chi connectivity index (χ4v) is 2.02. The molecule has 4 nitrogen and oxygen atoms in total. The van der Waals surface area contributed by atoms with E-state index in [1.807, 2.05) is 6.92 Å². The third kappa shape index (κ3) is 5.73. The number of nitrogens with zero attached hydrogens (tertiary/aromatic N) is 2. The minimum atomic E-state index is 0. The van der Waals surface area contributed by atoms with E-state index in [4.69, 9.17) is 5.11 Å². The molecule has 1 atom stereocenters. The first-order valence-corrected chi connectivity index (χ1v) is 6.62. The van der Waals surface area contributed by atoms with Crippen LogP contribution in [0, 0.1) is 11.3 Å². The molecule has 0 amide bonds. The number of likely N-dealkylation sites (tertiary alicyclic amines) is 1. The van der Waals surface area contributed by atoms with Crippen LogP contribution >= 0.6 is 24.0 Å². The lowest BCUT2D eigenvalue weighted by molar-refractivity contribution is 0.241. The molecule has 108 valence electrons. The first kappa shape index (κ1) is 18.0. The van der Waals surface area contributed by atoms with Crippen molar-refractivity contribution in [3.05, 3.63) is 0 Å². The zero-order valence-electron chi connectivity index (χ0n) is 12.1. The van der Waals surface area contributed by atoms with Gasteiger partial charge in [0.05, 0.1) is 0 Å². The second-order valence-electron chi connectivity index (χ2n) is 5.82. The van der Waals surface area contributed by atoms with Gasteiger partial charge in [-0.25, -0.2) is 0 Å². The lowest BCUT2D eigenvalue weighted by Crippen LogP contribution is -2.41. The summed E-state index contributed by atoms with van der Waals surface area (Å²) in [4.78, 5) is 6.93. The summed E-state index contributed by atoms with van der Waals surface area (Å²) < 4.78 is 0. The molecule has 0 bridgehead atoms. The first-order chi connectivity index (χ1) is 7.98. The van der Waals surface area contributed by atoms with Gasteiger partial charge >= 0.3 is 0 Å². The van der Waals surface area contributed by atoms with E-state index in [1.165, 1.54) is 6.42 Å². The summed E-state index contributed by atoms with van der Waals surface area (Å²) in [5.74, 6) is 1.23. The van der Waals surface area contributed by atoms with Gasteiger partial charge in [-0.1, -0.05) is 20.8 Å². The molecule has 0 spiro atoms. The molecule has 1 aliphatic heterocycles. The summed E-state index contributed by atoms with van der Waals surface area (Å²) in [6.07, 6.45) is 1.22. The van der Waals surface area contributed by atoms with Crippen molar-refractivity contribution in [2.45, 2.75) is 34.1 Å². The Balaban J connectivity index is 0.00000289. The molecule has 1 fully saturated rings. The highest BCUT2D eigenvalue weighted by Crippen LogP contribution is 2.28. The summed E-state index contributed by atoms with van der Waals surface area (Å²) in [5.41, 5.74) is 0.388. The van der Waals surface area contributed by atoms with Crippen LogP contribution in [0.5, 0.6) is 0 Å². The third-order valence-corrected chi connectivity index (χ3v) is 3.18. The predicted octanol–water partition coefficient (Wildman–Crippen LogP) is 1.93. The minimum absolute atomic E-state index is 0. The molecule has 2 N–H and O–H groups in total. The van der Waals surface area contributed by atoms with Crippen LogP contribution in [0.15, 0.2) is 4.99 Å². The van der Waals surface area contributed by atoms with Gasteiger partial charge in [-0.05, 0) is 24.7 Å². The molecular weight excluding hydrogens is 341 g/mol. The molecule has 1 heterocycles. The van der Waals surface area contributed by atoms with Gasteiger partial charge in [-0.2, -0.15) is 0 Å². The third-order valence-electron chi connectivity index (χ3n) is 3.18. The number of guanidine groups is 1. The fourth-order valence-electron chi connectivity index (χ4n) is 2.02. The summed E-state index contributed by atoms with van der Waals surface area (Å²) in [7, 11) is 0. The Morgan fingerprint density at radius 3 is 2.61 bits per heavy atom. The Bertz CT molecular complexity index is 269. The van der Waals surface area contributed by atoms with Crippen LogP contribution in [0.1, 0.15) is 34.1 Å². The normalized spacial score (nSPS) is 20.5. The van der Waals surface area contributed by atoms with Crippen molar-refractivity contribution in [1.82, 2.24) is 10.2 Å². The Morgan fingerprint density at radius 2 is 2.17 bits per heavy atom. The van der Waals surface area contributed by atoms with E-state index in [0.717, 1.165) is 25.6 Å². The van der Waals surface area contributed by atoms with Gasteiger partial charge in [0.25, 0.3) is 0 Å². The average Bonchev–Trinajstić information content (AvgIpc) is 2.64. The van der Waals surface area contributed by atoms with Crippen LogP contribution in [-0.2, 0) is 0 Å². The van der Waals surface area contributed by atoms with E-state index in [2.05, 4.69) is 36.0 Å². The maximum atomic E-state index is 9.02. The monoisotopic (exact) mass is 369 g/mol. The van der Waals surface area contributed by atoms with Gasteiger partial charge in [-0.3, -0.25) is 4.99 Å². The Kier molecular flexibility index (Phi) is 8.18. The number of halogens is 1. The number of aliphatic hydroxyl groups is 1. The van der Waals surface area contributed by atoms with Crippen LogP contribution in [0.4, 0.5) is 0 Å². The van der Waals surface area contributed by atoms with Crippen molar-refractivity contribution < 1.29 is 5.11 Å². The molecule has 0 aromatic rings. The molecule has 0 aromatic heterocycles. The lowest BCUT2D eigenvalue weighted by atomic mass is 9.93. The van der Waals surface area contributed by atoms with Gasteiger partial charge in [0.15, 0.2) is 5.96 Å². The standard InChI is InChI=1S/C13H27N3O.HI/c1-5-14-12(15-8-11(2)9-17)16-7-6-13(3,4)10-16;/h11,17H,5-10H2,1-4H3,(H,14,15);1H. The summed E-state index contributed by atoms with van der Waals surface area (Å²) >= 11 is 0. The molecular formula is C13H28IN3O. The molecule has 0 saturated carbocycles. The van der Waals surface area contributed by atoms with E-state index in [-0.39, 0.29) is 36.5 Å². The Hall–Kier alpha value is -0.0400. The molecule has 1 rings (SSSR count). The van der Waals surface area contributed by atoms with Crippen LogP contribution in [0.3, 0.4) is 0 Å². The topological polar surface area (TPSA) is 47.9 Å². The molecule has 1 aliphatic rings. The number of hydrogen-bond acceptors (Lipinski definition) is 2. The number of hydrogen-bond donors (Lipinski definition) is 2. The highest BCUT2D eigenvalue weighted by molar-refractivity contribution is 14.0. The lowest BCUT2D eigenvalue weighted by Gasteiger charge is -2.24. The number of aliphatic imine (C=N–C) groups is 1. The van der Waals surface area contributed by atoms with Gasteiger partial charge < -0.3 is 15.3 Å². The fraction of sp³-hybridized carbons (Fsp3) is 0.923. The largest absolute Gasteiger partial charge is 0.396 e. The van der Waals surface area contributed by atoms with Crippen molar-refractivity contribution in [3.63, 3.8) is 0 Å². The van der Waals surface area contributed by atoms with Crippen LogP contribution in [0.2, 0.25) is 0 Å². The van der Waals surface area contributed by atoms with E-state index >= 15 is 0 Å². The van der Waals surface area contributed by atoms with Crippen molar-refractivity contribution in [1.29, 1.82) is 0 Å². The maximum Gasteiger partial charge on any atom is 0.193 e. The highest BCUT2D eigenvalue weighted by atomic mass is 127. The molecule has 1 unspecified atom stereocenters. The second kappa shape index (κ2) is 8.19. The Morgan fingerprint density at radius 1 is 1.50 bits per heavy atom. The molecule has 0 aromatic carbocycles. The smallest absolute Gasteiger partial charge is 0.193 e. The first-order valence-electron chi connectivity index (χ1n) is 6.62. The van der Waals surface area contributed by atoms with Crippen LogP contribution in [0.25, 0.3) is 0 Å². The van der Waals surface area contributed by atoms with Crippen molar-refractivity contribution in [2.24, 2.45) is 16.3 Å². The summed E-state index contributed by atoms with van der Waals surface area (Å²) in [6.45, 7) is 12.6. The number of nitrogens with one attached hydrogen (secondary N) is 1. The molecule has 1 saturated heterocycles. The number of aliphatic hydroxyl groups excluding tert-OH is 1. The number of rotatable bonds is 4. The van der Waals surface area contributed by atoms with E-state index in [9.17, 15) is 0 Å². The predicted molar refractivity (Wildman–Crippen MR) is 87.6 cm³/mol.